The van der Waals surface area contributed by atoms with Gasteiger partial charge in [-0.05, 0) is 33.9 Å². The molecule has 0 saturated carbocycles. The Morgan fingerprint density at radius 2 is 1.19 bits per heavy atom. The van der Waals surface area contributed by atoms with Crippen LogP contribution in [0.2, 0.25) is 0 Å². The molecule has 0 radical (unpaired) electrons. The maximum absolute atomic E-state index is 13.9. The van der Waals surface area contributed by atoms with E-state index in [1.807, 2.05) is 152 Å². The van der Waals surface area contributed by atoms with Crippen LogP contribution in [0.25, 0.3) is 0 Å². The summed E-state index contributed by atoms with van der Waals surface area (Å²) in [7, 11) is 0. The summed E-state index contributed by atoms with van der Waals surface area (Å²) in [5, 5.41) is 20.0. The number of benzene rings is 5. The molecule has 2 aromatic heterocycles. The average molecular weight is 720 g/mol. The molecule has 10 heteroatoms. The summed E-state index contributed by atoms with van der Waals surface area (Å²) in [6.07, 6.45) is 0.486. The molecular formula is C43H33N3O6S. The number of thiazole rings is 1. The Morgan fingerprint density at radius 1 is 0.698 bits per heavy atom. The molecule has 0 aliphatic rings. The van der Waals surface area contributed by atoms with Crippen LogP contribution < -0.4 is 5.32 Å². The number of nitrogens with one attached hydrogen (secondary N) is 1. The number of carboxylic acid groups (broad SMARTS) is 1. The van der Waals surface area contributed by atoms with Crippen LogP contribution in [-0.4, -0.2) is 27.7 Å². The van der Waals surface area contributed by atoms with Crippen LogP contribution in [0, 0.1) is 0 Å². The number of nitrogens with zero attached hydrogens (tertiary/aromatic N) is 2. The van der Waals surface area contributed by atoms with Crippen molar-refractivity contribution in [3.8, 4) is 0 Å². The first-order valence-corrected chi connectivity index (χ1v) is 17.6. The Labute approximate surface area is 309 Å². The monoisotopic (exact) mass is 719 g/mol. The van der Waals surface area contributed by atoms with E-state index in [-0.39, 0.29) is 5.69 Å². The molecule has 7 rings (SSSR count). The summed E-state index contributed by atoms with van der Waals surface area (Å²) in [4.78, 5) is 36.9. The summed E-state index contributed by atoms with van der Waals surface area (Å²) in [5.74, 6) is -2.19. The SMILES string of the molecule is O=C(O)C(=NOC(C(=O)OC(c1ccccc1)c1ccccc1)c1ccoc1)c1csc(NC(c2ccccc2)(c2ccccc2)c2ccccc2)n1. The fourth-order valence-electron chi connectivity index (χ4n) is 6.11. The van der Waals surface area contributed by atoms with Gasteiger partial charge in [-0.1, -0.05) is 157 Å². The molecular weight excluding hydrogens is 687 g/mol. The van der Waals surface area contributed by atoms with Crippen LogP contribution in [0.1, 0.15) is 51.3 Å². The van der Waals surface area contributed by atoms with E-state index in [0.29, 0.717) is 10.7 Å². The van der Waals surface area contributed by atoms with Crippen LogP contribution in [0.4, 0.5) is 5.13 Å². The van der Waals surface area contributed by atoms with E-state index in [2.05, 4.69) is 15.5 Å². The number of oxime groups is 1. The molecule has 0 saturated heterocycles. The molecule has 0 aliphatic heterocycles. The summed E-state index contributed by atoms with van der Waals surface area (Å²) in [5.41, 5.74) is 3.30. The van der Waals surface area contributed by atoms with Crippen molar-refractivity contribution in [2.45, 2.75) is 17.7 Å². The zero-order valence-electron chi connectivity index (χ0n) is 28.2. The van der Waals surface area contributed by atoms with Gasteiger partial charge in [0, 0.05) is 10.9 Å². The van der Waals surface area contributed by atoms with Gasteiger partial charge >= 0.3 is 11.9 Å². The van der Waals surface area contributed by atoms with Crippen molar-refractivity contribution in [1.82, 2.24) is 4.98 Å². The molecule has 0 fully saturated rings. The number of hydrogen-bond donors (Lipinski definition) is 2. The van der Waals surface area contributed by atoms with Gasteiger partial charge in [0.05, 0.1) is 12.5 Å². The maximum Gasteiger partial charge on any atom is 0.360 e. The second-order valence-corrected chi connectivity index (χ2v) is 12.8. The Kier molecular flexibility index (Phi) is 10.5. The fraction of sp³-hybridized carbons (Fsp3) is 0.0698. The lowest BCUT2D eigenvalue weighted by Crippen LogP contribution is -2.38. The maximum atomic E-state index is 13.9. The zero-order chi connectivity index (χ0) is 36.5. The standard InChI is InChI=1S/C43H33N3O6S/c47-40(48)37(46-52-39(32-26-27-50-28-32)41(49)51-38(30-16-6-1-7-17-30)31-18-8-2-9-19-31)36-29-53-42(44-36)45-43(33-20-10-3-11-21-33,34-22-12-4-13-23-34)35-24-14-5-15-25-35/h1-29,38-39H,(H,44,45)(H,47,48). The molecule has 7 aromatic rings. The summed E-state index contributed by atoms with van der Waals surface area (Å²) < 4.78 is 11.3. The highest BCUT2D eigenvalue weighted by Crippen LogP contribution is 2.40. The predicted octanol–water partition coefficient (Wildman–Crippen LogP) is 9.02. The normalized spacial score (nSPS) is 12.2. The Balaban J connectivity index is 1.21. The van der Waals surface area contributed by atoms with Crippen LogP contribution in [0.5, 0.6) is 0 Å². The van der Waals surface area contributed by atoms with E-state index >= 15 is 0 Å². The van der Waals surface area contributed by atoms with Gasteiger partial charge in [-0.25, -0.2) is 14.6 Å². The van der Waals surface area contributed by atoms with Gasteiger partial charge in [0.15, 0.2) is 11.2 Å². The first-order valence-electron chi connectivity index (χ1n) is 16.7. The van der Waals surface area contributed by atoms with Crippen molar-refractivity contribution in [3.63, 3.8) is 0 Å². The molecule has 0 aliphatic carbocycles. The number of anilines is 1. The third kappa shape index (κ3) is 7.63. The number of carboxylic acids is 1. The third-order valence-electron chi connectivity index (χ3n) is 8.61. The largest absolute Gasteiger partial charge is 0.476 e. The Morgan fingerprint density at radius 3 is 1.64 bits per heavy atom. The molecule has 9 nitrogen and oxygen atoms in total. The van der Waals surface area contributed by atoms with Crippen LogP contribution in [0.15, 0.2) is 185 Å². The highest BCUT2D eigenvalue weighted by molar-refractivity contribution is 7.14. The number of carbonyl (C=O) groups excluding carboxylic acids is 1. The quantitative estimate of drug-likeness (QED) is 0.0494. The Bertz CT molecular complexity index is 2130. The summed E-state index contributed by atoms with van der Waals surface area (Å²) in [6.45, 7) is 0. The van der Waals surface area contributed by atoms with Crippen molar-refractivity contribution in [2.24, 2.45) is 5.16 Å². The van der Waals surface area contributed by atoms with Gasteiger partial charge in [-0.3, -0.25) is 0 Å². The Hall–Kier alpha value is -6.78. The van der Waals surface area contributed by atoms with Crippen LogP contribution in [0.3, 0.4) is 0 Å². The number of carbonyl (C=O) groups is 2. The lowest BCUT2D eigenvalue weighted by Gasteiger charge is -2.36. The number of esters is 1. The van der Waals surface area contributed by atoms with Gasteiger partial charge < -0.3 is 24.4 Å². The fourth-order valence-corrected chi connectivity index (χ4v) is 6.86. The van der Waals surface area contributed by atoms with Crippen molar-refractivity contribution in [2.75, 3.05) is 5.32 Å². The molecule has 2 N–H and O–H groups in total. The molecule has 0 spiro atoms. The molecule has 2 heterocycles. The van der Waals surface area contributed by atoms with Crippen molar-refractivity contribution in [1.29, 1.82) is 0 Å². The minimum atomic E-state index is -1.45. The van der Waals surface area contributed by atoms with E-state index in [1.54, 1.807) is 5.38 Å². The average Bonchev–Trinajstić information content (AvgIpc) is 3.92. The van der Waals surface area contributed by atoms with E-state index < -0.39 is 35.4 Å². The number of hydrogen-bond acceptors (Lipinski definition) is 9. The molecule has 5 aromatic carbocycles. The first kappa shape index (κ1) is 34.7. The molecule has 53 heavy (non-hydrogen) atoms. The van der Waals surface area contributed by atoms with E-state index in [9.17, 15) is 14.7 Å². The third-order valence-corrected chi connectivity index (χ3v) is 9.37. The predicted molar refractivity (Wildman–Crippen MR) is 202 cm³/mol. The molecule has 0 bridgehead atoms. The highest BCUT2D eigenvalue weighted by atomic mass is 32.1. The van der Waals surface area contributed by atoms with Gasteiger partial charge in [-0.2, -0.15) is 0 Å². The molecule has 1 atom stereocenters. The second kappa shape index (κ2) is 16.1. The summed E-state index contributed by atoms with van der Waals surface area (Å²) in [6, 6.07) is 50.0. The first-order chi connectivity index (χ1) is 26.0. The topological polar surface area (TPSA) is 123 Å². The van der Waals surface area contributed by atoms with Gasteiger partial charge in [0.2, 0.25) is 5.71 Å². The lowest BCUT2D eigenvalue weighted by molar-refractivity contribution is -0.162. The molecule has 262 valence electrons. The number of rotatable bonds is 14. The number of aromatic nitrogens is 1. The molecule has 0 amide bonds. The minimum Gasteiger partial charge on any atom is -0.476 e. The minimum absolute atomic E-state index is 0.0406. The highest BCUT2D eigenvalue weighted by Gasteiger charge is 2.37. The van der Waals surface area contributed by atoms with E-state index in [4.69, 9.17) is 14.0 Å². The van der Waals surface area contributed by atoms with Crippen molar-refractivity contribution < 1.29 is 28.7 Å². The molecule has 1 unspecified atom stereocenters. The zero-order valence-corrected chi connectivity index (χ0v) is 29.0. The second-order valence-electron chi connectivity index (χ2n) is 11.9. The van der Waals surface area contributed by atoms with E-state index in [1.165, 1.54) is 29.9 Å². The van der Waals surface area contributed by atoms with Crippen molar-refractivity contribution >= 4 is 34.1 Å². The van der Waals surface area contributed by atoms with Gasteiger partial charge in [-0.15, -0.1) is 11.3 Å². The number of ether oxygens (including phenoxy) is 1. The van der Waals surface area contributed by atoms with Crippen molar-refractivity contribution in [3.05, 3.63) is 215 Å². The lowest BCUT2D eigenvalue weighted by atomic mass is 9.77. The van der Waals surface area contributed by atoms with Gasteiger partial charge in [0.25, 0.3) is 6.10 Å². The van der Waals surface area contributed by atoms with Crippen LogP contribution in [-0.2, 0) is 24.7 Å². The summed E-state index contributed by atoms with van der Waals surface area (Å²) >= 11 is 1.22. The number of furan rings is 1. The van der Waals surface area contributed by atoms with E-state index in [0.717, 1.165) is 27.8 Å². The smallest absolute Gasteiger partial charge is 0.360 e. The number of aliphatic carboxylic acids is 1. The van der Waals surface area contributed by atoms with Gasteiger partial charge in [0.1, 0.15) is 11.2 Å². The van der Waals surface area contributed by atoms with Crippen LogP contribution >= 0.6 is 11.3 Å².